The highest BCUT2D eigenvalue weighted by Crippen LogP contribution is 2.30. The van der Waals surface area contributed by atoms with Crippen molar-refractivity contribution in [1.29, 1.82) is 0 Å². The summed E-state index contributed by atoms with van der Waals surface area (Å²) in [5.41, 5.74) is 7.48. The molecule has 2 aromatic rings. The lowest BCUT2D eigenvalue weighted by molar-refractivity contribution is -0.462. The van der Waals surface area contributed by atoms with Crippen LogP contribution in [0.25, 0.3) is 5.57 Å². The summed E-state index contributed by atoms with van der Waals surface area (Å²) in [6, 6.07) is 19.6. The van der Waals surface area contributed by atoms with Gasteiger partial charge in [0.25, 0.3) is 0 Å². The Morgan fingerprint density at radius 2 is 1.30 bits per heavy atom. The summed E-state index contributed by atoms with van der Waals surface area (Å²) < 4.78 is 2.13. The Labute approximate surface area is 163 Å². The number of hydrogen-bond donors (Lipinski definition) is 0. The van der Waals surface area contributed by atoms with Gasteiger partial charge in [-0.3, -0.25) is 0 Å². The predicted octanol–water partition coefficient (Wildman–Crippen LogP) is 5.17. The number of nitrogens with zero attached hydrogens (tertiary/aromatic N) is 2. The Hall–Kier alpha value is -2.87. The van der Waals surface area contributed by atoms with Gasteiger partial charge in [-0.1, -0.05) is 42.5 Å². The van der Waals surface area contributed by atoms with Gasteiger partial charge in [0.2, 0.25) is 0 Å². The van der Waals surface area contributed by atoms with Crippen LogP contribution in [0.4, 0.5) is 5.69 Å². The average Bonchev–Trinajstić information content (AvgIpc) is 2.71. The Morgan fingerprint density at radius 1 is 0.741 bits per heavy atom. The van der Waals surface area contributed by atoms with Crippen molar-refractivity contribution in [3.63, 3.8) is 0 Å². The SMILES string of the molecule is CCN(CC)c1ccc(C(=C2C=CC(=[N+](C)C)C=C2)c2ccccc2)cc1. The molecule has 2 aromatic carbocycles. The number of rotatable bonds is 5. The summed E-state index contributed by atoms with van der Waals surface area (Å²) in [7, 11) is 4.14. The van der Waals surface area contributed by atoms with Gasteiger partial charge in [-0.2, -0.15) is 0 Å². The smallest absolute Gasteiger partial charge is 0.199 e. The number of hydrogen-bond acceptors (Lipinski definition) is 1. The lowest BCUT2D eigenvalue weighted by atomic mass is 9.90. The second-order valence-corrected chi connectivity index (χ2v) is 6.90. The van der Waals surface area contributed by atoms with Crippen LogP contribution in [0.3, 0.4) is 0 Å². The first-order valence-electron chi connectivity index (χ1n) is 9.69. The number of allylic oxidation sites excluding steroid dienone is 5. The van der Waals surface area contributed by atoms with E-state index in [2.05, 4.69) is 116 Å². The average molecular weight is 358 g/mol. The Kier molecular flexibility index (Phi) is 6.08. The maximum Gasteiger partial charge on any atom is 0.199 e. The molecule has 0 saturated heterocycles. The lowest BCUT2D eigenvalue weighted by Crippen LogP contribution is -2.21. The predicted molar refractivity (Wildman–Crippen MR) is 118 cm³/mol. The maximum atomic E-state index is 2.37. The van der Waals surface area contributed by atoms with Crippen LogP contribution in [0, 0.1) is 0 Å². The van der Waals surface area contributed by atoms with E-state index < -0.39 is 0 Å². The molecule has 1 aliphatic rings. The summed E-state index contributed by atoms with van der Waals surface area (Å²) in [6.45, 7) is 6.45. The molecule has 0 aromatic heterocycles. The normalized spacial score (nSPS) is 13.0. The minimum Gasteiger partial charge on any atom is -0.372 e. The zero-order chi connectivity index (χ0) is 19.2. The van der Waals surface area contributed by atoms with E-state index in [1.807, 2.05) is 0 Å². The van der Waals surface area contributed by atoms with Crippen molar-refractivity contribution in [2.24, 2.45) is 0 Å². The molecule has 138 valence electrons. The molecule has 2 heteroatoms. The zero-order valence-corrected chi connectivity index (χ0v) is 16.8. The molecule has 0 fully saturated rings. The first kappa shape index (κ1) is 18.9. The fourth-order valence-corrected chi connectivity index (χ4v) is 3.46. The Bertz CT molecular complexity index is 871. The molecule has 0 atom stereocenters. The molecule has 0 bridgehead atoms. The first-order valence-corrected chi connectivity index (χ1v) is 9.69. The largest absolute Gasteiger partial charge is 0.372 e. The van der Waals surface area contributed by atoms with Crippen molar-refractivity contribution in [3.8, 4) is 0 Å². The van der Waals surface area contributed by atoms with E-state index in [1.165, 1.54) is 33.7 Å². The molecule has 0 amide bonds. The molecule has 1 aliphatic carbocycles. The van der Waals surface area contributed by atoms with Crippen molar-refractivity contribution in [1.82, 2.24) is 0 Å². The third kappa shape index (κ3) is 4.28. The van der Waals surface area contributed by atoms with Crippen molar-refractivity contribution in [2.75, 3.05) is 32.1 Å². The molecule has 2 nitrogen and oxygen atoms in total. The molecule has 0 spiro atoms. The fourth-order valence-electron chi connectivity index (χ4n) is 3.46. The summed E-state index contributed by atoms with van der Waals surface area (Å²) in [6.07, 6.45) is 8.80. The van der Waals surface area contributed by atoms with Crippen LogP contribution in [0.15, 0.2) is 84.5 Å². The summed E-state index contributed by atoms with van der Waals surface area (Å²) in [5.74, 6) is 0. The molecule has 0 unspecified atom stereocenters. The summed E-state index contributed by atoms with van der Waals surface area (Å²) in [5, 5.41) is 0. The van der Waals surface area contributed by atoms with Gasteiger partial charge in [-0.25, -0.2) is 4.58 Å². The van der Waals surface area contributed by atoms with E-state index in [4.69, 9.17) is 0 Å². The molecule has 0 aliphatic heterocycles. The Morgan fingerprint density at radius 3 is 1.81 bits per heavy atom. The highest BCUT2D eigenvalue weighted by molar-refractivity contribution is 6.03. The lowest BCUT2D eigenvalue weighted by Gasteiger charge is -2.21. The van der Waals surface area contributed by atoms with Gasteiger partial charge in [0, 0.05) is 30.9 Å². The quantitative estimate of drug-likeness (QED) is 0.669. The molecule has 0 heterocycles. The van der Waals surface area contributed by atoms with E-state index in [1.54, 1.807) is 0 Å². The third-order valence-corrected chi connectivity index (χ3v) is 5.02. The standard InChI is InChI=1S/C25H29N2/c1-5-27(6-2)24-18-14-22(15-19-24)25(20-10-8-7-9-11-20)21-12-16-23(17-13-21)26(3)4/h7-19H,5-6H2,1-4H3/q+1. The fraction of sp³-hybridized carbons (Fsp3) is 0.240. The van der Waals surface area contributed by atoms with Gasteiger partial charge in [0.05, 0.1) is 0 Å². The minimum absolute atomic E-state index is 1.02. The van der Waals surface area contributed by atoms with Gasteiger partial charge in [0.15, 0.2) is 5.71 Å². The highest BCUT2D eigenvalue weighted by Gasteiger charge is 2.13. The van der Waals surface area contributed by atoms with E-state index in [9.17, 15) is 0 Å². The van der Waals surface area contributed by atoms with Gasteiger partial charge >= 0.3 is 0 Å². The van der Waals surface area contributed by atoms with Crippen LogP contribution >= 0.6 is 0 Å². The highest BCUT2D eigenvalue weighted by atomic mass is 15.1. The van der Waals surface area contributed by atoms with Gasteiger partial charge in [-0.05, 0) is 60.4 Å². The van der Waals surface area contributed by atoms with Crippen molar-refractivity contribution < 1.29 is 4.58 Å². The van der Waals surface area contributed by atoms with Gasteiger partial charge < -0.3 is 4.90 Å². The first-order chi connectivity index (χ1) is 13.1. The molecular formula is C25H29N2+. The van der Waals surface area contributed by atoms with Crippen molar-refractivity contribution in [2.45, 2.75) is 13.8 Å². The minimum atomic E-state index is 1.02. The second kappa shape index (κ2) is 8.68. The van der Waals surface area contributed by atoms with Crippen LogP contribution in [0.1, 0.15) is 25.0 Å². The molecule has 0 saturated carbocycles. The van der Waals surface area contributed by atoms with Crippen LogP contribution in [-0.2, 0) is 0 Å². The second-order valence-electron chi connectivity index (χ2n) is 6.90. The molecule has 27 heavy (non-hydrogen) atoms. The van der Waals surface area contributed by atoms with Crippen LogP contribution in [-0.4, -0.2) is 37.5 Å². The van der Waals surface area contributed by atoms with E-state index in [0.717, 1.165) is 13.1 Å². The topological polar surface area (TPSA) is 6.25 Å². The summed E-state index contributed by atoms with van der Waals surface area (Å²) in [4.78, 5) is 2.37. The maximum absolute atomic E-state index is 2.37. The van der Waals surface area contributed by atoms with Crippen LogP contribution in [0.2, 0.25) is 0 Å². The van der Waals surface area contributed by atoms with Crippen LogP contribution < -0.4 is 4.90 Å². The number of anilines is 1. The molecule has 0 N–H and O–H groups in total. The monoisotopic (exact) mass is 357 g/mol. The van der Waals surface area contributed by atoms with E-state index >= 15 is 0 Å². The van der Waals surface area contributed by atoms with E-state index in [-0.39, 0.29) is 0 Å². The molecular weight excluding hydrogens is 328 g/mol. The number of benzene rings is 2. The third-order valence-electron chi connectivity index (χ3n) is 5.02. The van der Waals surface area contributed by atoms with Gasteiger partial charge in [-0.15, -0.1) is 0 Å². The molecule has 0 radical (unpaired) electrons. The van der Waals surface area contributed by atoms with Crippen molar-refractivity contribution >= 4 is 17.0 Å². The zero-order valence-electron chi connectivity index (χ0n) is 16.8. The summed E-state index contributed by atoms with van der Waals surface area (Å²) >= 11 is 0. The Balaban J connectivity index is 2.08. The van der Waals surface area contributed by atoms with Crippen molar-refractivity contribution in [3.05, 3.63) is 95.6 Å². The van der Waals surface area contributed by atoms with E-state index in [0.29, 0.717) is 0 Å². The van der Waals surface area contributed by atoms with Crippen LogP contribution in [0.5, 0.6) is 0 Å². The van der Waals surface area contributed by atoms with Gasteiger partial charge in [0.1, 0.15) is 14.1 Å². The molecule has 3 rings (SSSR count).